The fraction of sp³-hybridized carbons (Fsp3) is 0.421. The number of thioether (sulfide) groups is 1. The van der Waals surface area contributed by atoms with E-state index in [9.17, 15) is 4.79 Å². The molecule has 1 aliphatic rings. The van der Waals surface area contributed by atoms with Crippen molar-refractivity contribution in [2.24, 2.45) is 0 Å². The van der Waals surface area contributed by atoms with Gasteiger partial charge in [-0.3, -0.25) is 4.79 Å². The molecule has 4 rings (SSSR count). The second kappa shape index (κ2) is 6.25. The molecule has 0 aliphatic heterocycles. The van der Waals surface area contributed by atoms with E-state index in [1.165, 1.54) is 40.7 Å². The number of rotatable bonds is 5. The van der Waals surface area contributed by atoms with E-state index in [0.29, 0.717) is 11.8 Å². The molecule has 0 unspecified atom stereocenters. The predicted molar refractivity (Wildman–Crippen MR) is 104 cm³/mol. The molecule has 3 aromatic heterocycles. The highest BCUT2D eigenvalue weighted by Crippen LogP contribution is 2.39. The van der Waals surface area contributed by atoms with E-state index in [1.807, 2.05) is 6.07 Å². The molecule has 130 valence electrons. The van der Waals surface area contributed by atoms with Gasteiger partial charge in [-0.1, -0.05) is 11.8 Å². The Morgan fingerprint density at radius 1 is 1.28 bits per heavy atom. The van der Waals surface area contributed by atoms with Crippen LogP contribution in [0.5, 0.6) is 0 Å². The van der Waals surface area contributed by atoms with Gasteiger partial charge < -0.3 is 4.57 Å². The number of carbonyl (C=O) groups excluding carboxylic acids is 1. The highest BCUT2D eigenvalue weighted by atomic mass is 32.2. The number of hydrogen-bond acceptors (Lipinski definition) is 5. The van der Waals surface area contributed by atoms with Gasteiger partial charge in [0.25, 0.3) is 0 Å². The molecule has 4 nitrogen and oxygen atoms in total. The van der Waals surface area contributed by atoms with Crippen LogP contribution in [0.3, 0.4) is 0 Å². The average Bonchev–Trinajstić information content (AvgIpc) is 3.31. The van der Waals surface area contributed by atoms with Crippen molar-refractivity contribution in [2.75, 3.05) is 5.75 Å². The number of aromatic nitrogens is 3. The quantitative estimate of drug-likeness (QED) is 0.358. The van der Waals surface area contributed by atoms with Gasteiger partial charge in [-0.15, -0.1) is 11.3 Å². The number of carbonyl (C=O) groups is 1. The Labute approximate surface area is 155 Å². The Morgan fingerprint density at radius 2 is 2.04 bits per heavy atom. The monoisotopic (exact) mass is 371 g/mol. The summed E-state index contributed by atoms with van der Waals surface area (Å²) in [5, 5.41) is 2.02. The lowest BCUT2D eigenvalue weighted by Crippen LogP contribution is -2.06. The van der Waals surface area contributed by atoms with Crippen LogP contribution < -0.4 is 0 Å². The predicted octanol–water partition coefficient (Wildman–Crippen LogP) is 5.04. The standard InChI is InChI=1S/C19H21N3OS2/c1-10-7-15(12(3)22(10)14-5-6-14)16(23)8-24-18-17-11(2)13(4)25-19(17)21-9-20-18/h7,9,14H,5-6,8H2,1-4H3. The van der Waals surface area contributed by atoms with E-state index in [-0.39, 0.29) is 5.78 Å². The van der Waals surface area contributed by atoms with Gasteiger partial charge in [0.05, 0.1) is 5.75 Å². The summed E-state index contributed by atoms with van der Waals surface area (Å²) in [5.41, 5.74) is 4.39. The second-order valence-electron chi connectivity index (χ2n) is 6.74. The van der Waals surface area contributed by atoms with Gasteiger partial charge in [-0.2, -0.15) is 0 Å². The number of fused-ring (bicyclic) bond motifs is 1. The maximum absolute atomic E-state index is 12.8. The molecule has 0 amide bonds. The van der Waals surface area contributed by atoms with Crippen molar-refractivity contribution in [1.82, 2.24) is 14.5 Å². The molecule has 3 heterocycles. The number of ketones is 1. The third-order valence-corrected chi connectivity index (χ3v) is 7.07. The SMILES string of the molecule is Cc1sc2ncnc(SCC(=O)c3cc(C)n(C4CC4)c3C)c2c1C. The zero-order chi connectivity index (χ0) is 17.7. The maximum atomic E-state index is 12.8. The Bertz CT molecular complexity index is 982. The lowest BCUT2D eigenvalue weighted by molar-refractivity contribution is 0.102. The van der Waals surface area contributed by atoms with E-state index in [2.05, 4.69) is 42.2 Å². The first-order chi connectivity index (χ1) is 12.0. The van der Waals surface area contributed by atoms with E-state index in [0.717, 1.165) is 26.5 Å². The van der Waals surface area contributed by atoms with Gasteiger partial charge in [0.15, 0.2) is 5.78 Å². The summed E-state index contributed by atoms with van der Waals surface area (Å²) in [6.07, 6.45) is 4.06. The molecule has 0 N–H and O–H groups in total. The maximum Gasteiger partial charge on any atom is 0.174 e. The number of thiophene rings is 1. The minimum atomic E-state index is 0.182. The molecule has 0 radical (unpaired) electrons. The second-order valence-corrected chi connectivity index (χ2v) is 8.91. The summed E-state index contributed by atoms with van der Waals surface area (Å²) >= 11 is 3.21. The summed E-state index contributed by atoms with van der Waals surface area (Å²) in [7, 11) is 0. The normalized spacial score (nSPS) is 14.4. The van der Waals surface area contributed by atoms with Gasteiger partial charge in [0.1, 0.15) is 16.2 Å². The fourth-order valence-corrected chi connectivity index (χ4v) is 5.43. The van der Waals surface area contributed by atoms with Crippen LogP contribution in [-0.4, -0.2) is 26.1 Å². The van der Waals surface area contributed by atoms with Crippen LogP contribution in [0.4, 0.5) is 0 Å². The van der Waals surface area contributed by atoms with Crippen LogP contribution >= 0.6 is 23.1 Å². The molecule has 25 heavy (non-hydrogen) atoms. The minimum Gasteiger partial charge on any atom is -0.345 e. The molecule has 0 atom stereocenters. The number of hydrogen-bond donors (Lipinski definition) is 0. The van der Waals surface area contributed by atoms with Gasteiger partial charge >= 0.3 is 0 Å². The molecule has 1 saturated carbocycles. The van der Waals surface area contributed by atoms with Crippen molar-refractivity contribution in [3.8, 4) is 0 Å². The third kappa shape index (κ3) is 2.91. The van der Waals surface area contributed by atoms with E-state index < -0.39 is 0 Å². The summed E-state index contributed by atoms with van der Waals surface area (Å²) < 4.78 is 2.33. The summed E-state index contributed by atoms with van der Waals surface area (Å²) in [6, 6.07) is 2.65. The number of Topliss-reactive ketones (excluding diaryl/α,β-unsaturated/α-hetero) is 1. The van der Waals surface area contributed by atoms with Crippen molar-refractivity contribution < 1.29 is 4.79 Å². The van der Waals surface area contributed by atoms with E-state index in [4.69, 9.17) is 0 Å². The lowest BCUT2D eigenvalue weighted by Gasteiger charge is -2.07. The molecule has 0 aromatic carbocycles. The first-order valence-corrected chi connectivity index (χ1v) is 10.3. The van der Waals surface area contributed by atoms with Gasteiger partial charge in [0.2, 0.25) is 0 Å². The highest BCUT2D eigenvalue weighted by Gasteiger charge is 2.28. The molecule has 1 aliphatic carbocycles. The van der Waals surface area contributed by atoms with Crippen LogP contribution in [0.2, 0.25) is 0 Å². The van der Waals surface area contributed by atoms with Crippen LogP contribution in [0.25, 0.3) is 10.2 Å². The van der Waals surface area contributed by atoms with Gasteiger partial charge in [-0.25, -0.2) is 9.97 Å². The minimum absolute atomic E-state index is 0.182. The number of nitrogens with zero attached hydrogens (tertiary/aromatic N) is 3. The van der Waals surface area contributed by atoms with E-state index >= 15 is 0 Å². The van der Waals surface area contributed by atoms with Crippen LogP contribution in [0.15, 0.2) is 17.4 Å². The first kappa shape index (κ1) is 16.8. The molecule has 0 bridgehead atoms. The lowest BCUT2D eigenvalue weighted by atomic mass is 10.2. The smallest absolute Gasteiger partial charge is 0.174 e. The summed E-state index contributed by atoms with van der Waals surface area (Å²) in [4.78, 5) is 23.9. The third-order valence-electron chi connectivity index (χ3n) is 4.97. The van der Waals surface area contributed by atoms with Crippen molar-refractivity contribution in [1.29, 1.82) is 0 Å². The average molecular weight is 372 g/mol. The molecule has 1 fully saturated rings. The molecular weight excluding hydrogens is 350 g/mol. The van der Waals surface area contributed by atoms with Crippen LogP contribution in [0.1, 0.15) is 51.1 Å². The molecule has 0 saturated heterocycles. The zero-order valence-corrected chi connectivity index (χ0v) is 16.6. The first-order valence-electron chi connectivity index (χ1n) is 8.52. The van der Waals surface area contributed by atoms with Crippen molar-refractivity contribution >= 4 is 39.1 Å². The molecule has 3 aromatic rings. The Kier molecular flexibility index (Phi) is 4.20. The molecular formula is C19H21N3OS2. The summed E-state index contributed by atoms with van der Waals surface area (Å²) in [5.74, 6) is 0.594. The zero-order valence-electron chi connectivity index (χ0n) is 14.9. The van der Waals surface area contributed by atoms with Crippen molar-refractivity contribution in [2.45, 2.75) is 51.6 Å². The van der Waals surface area contributed by atoms with Gasteiger partial charge in [0, 0.05) is 33.3 Å². The molecule has 0 spiro atoms. The van der Waals surface area contributed by atoms with Crippen LogP contribution in [-0.2, 0) is 0 Å². The highest BCUT2D eigenvalue weighted by molar-refractivity contribution is 8.00. The number of aryl methyl sites for hydroxylation is 3. The van der Waals surface area contributed by atoms with E-state index in [1.54, 1.807) is 17.7 Å². The van der Waals surface area contributed by atoms with Gasteiger partial charge in [-0.05, 0) is 52.2 Å². The largest absolute Gasteiger partial charge is 0.345 e. The fourth-order valence-electron chi connectivity index (χ4n) is 3.43. The summed E-state index contributed by atoms with van der Waals surface area (Å²) in [6.45, 7) is 8.37. The Balaban J connectivity index is 1.58. The Morgan fingerprint density at radius 3 is 2.76 bits per heavy atom. The topological polar surface area (TPSA) is 47.8 Å². The van der Waals surface area contributed by atoms with Crippen molar-refractivity contribution in [3.05, 3.63) is 39.8 Å². The van der Waals surface area contributed by atoms with Crippen molar-refractivity contribution in [3.63, 3.8) is 0 Å². The van der Waals surface area contributed by atoms with Crippen LogP contribution in [0, 0.1) is 27.7 Å². The molecule has 6 heteroatoms. The Hall–Kier alpha value is -1.66.